The molecule has 2 aromatic heterocycles. The van der Waals surface area contributed by atoms with Gasteiger partial charge in [0.2, 0.25) is 0 Å². The number of nitrogens with zero attached hydrogens (tertiary/aromatic N) is 2. The molecule has 0 saturated carbocycles. The molecule has 0 radical (unpaired) electrons. The summed E-state index contributed by atoms with van der Waals surface area (Å²) >= 11 is 3.21. The van der Waals surface area contributed by atoms with Crippen LogP contribution in [0.5, 0.6) is 0 Å². The molecule has 18 heavy (non-hydrogen) atoms. The number of H-pyrrole nitrogens is 1. The molecule has 1 amide bonds. The van der Waals surface area contributed by atoms with E-state index in [0.29, 0.717) is 5.82 Å². The van der Waals surface area contributed by atoms with E-state index in [-0.39, 0.29) is 11.4 Å². The number of carboxylic acid groups (broad SMARTS) is 1. The van der Waals surface area contributed by atoms with Crippen molar-refractivity contribution in [2.75, 3.05) is 5.32 Å². The van der Waals surface area contributed by atoms with Crippen molar-refractivity contribution in [2.24, 2.45) is 0 Å². The first-order valence-electron chi connectivity index (χ1n) is 4.77. The van der Waals surface area contributed by atoms with E-state index in [9.17, 15) is 9.59 Å². The summed E-state index contributed by atoms with van der Waals surface area (Å²) < 4.78 is 0.770. The summed E-state index contributed by atoms with van der Waals surface area (Å²) in [4.78, 5) is 32.6. The molecule has 0 aromatic carbocycles. The largest absolute Gasteiger partial charge is 0.477 e. The SMILES string of the molecule is O=C(Nc1ccc(Br)cn1)c1nc[nH]c1C(=O)O. The quantitative estimate of drug-likeness (QED) is 0.796. The van der Waals surface area contributed by atoms with E-state index in [2.05, 4.69) is 36.2 Å². The van der Waals surface area contributed by atoms with Gasteiger partial charge in [-0.05, 0) is 28.1 Å². The van der Waals surface area contributed by atoms with E-state index < -0.39 is 11.9 Å². The maximum Gasteiger partial charge on any atom is 0.354 e. The third kappa shape index (κ3) is 2.54. The molecular formula is C10H7BrN4O3. The van der Waals surface area contributed by atoms with Crippen LogP contribution in [0.15, 0.2) is 29.1 Å². The standard InChI is InChI=1S/C10H7BrN4O3/c11-5-1-2-6(12-3-5)15-9(16)7-8(10(17)18)14-4-13-7/h1-4H,(H,13,14)(H,17,18)(H,12,15,16). The number of amides is 1. The van der Waals surface area contributed by atoms with Gasteiger partial charge in [0.25, 0.3) is 5.91 Å². The summed E-state index contributed by atoms with van der Waals surface area (Å²) in [5, 5.41) is 11.3. The maximum atomic E-state index is 11.8. The number of imidazole rings is 1. The fourth-order valence-corrected chi connectivity index (χ4v) is 1.49. The Morgan fingerprint density at radius 1 is 1.33 bits per heavy atom. The number of carbonyl (C=O) groups excluding carboxylic acids is 1. The van der Waals surface area contributed by atoms with Crippen LogP contribution in [0.1, 0.15) is 21.0 Å². The summed E-state index contributed by atoms with van der Waals surface area (Å²) in [6, 6.07) is 3.28. The van der Waals surface area contributed by atoms with Crippen molar-refractivity contribution in [3.8, 4) is 0 Å². The van der Waals surface area contributed by atoms with Crippen molar-refractivity contribution >= 4 is 33.6 Å². The zero-order chi connectivity index (χ0) is 13.1. The molecule has 2 rings (SSSR count). The van der Waals surface area contributed by atoms with E-state index in [1.54, 1.807) is 12.1 Å². The van der Waals surface area contributed by atoms with Crippen molar-refractivity contribution < 1.29 is 14.7 Å². The minimum atomic E-state index is -1.25. The Bertz CT molecular complexity index is 593. The molecule has 2 heterocycles. The number of hydrogen-bond acceptors (Lipinski definition) is 4. The van der Waals surface area contributed by atoms with Crippen LogP contribution in [0.4, 0.5) is 5.82 Å². The van der Waals surface area contributed by atoms with Gasteiger partial charge in [0, 0.05) is 10.7 Å². The number of carbonyl (C=O) groups is 2. The number of aromatic carboxylic acids is 1. The molecule has 92 valence electrons. The fourth-order valence-electron chi connectivity index (χ4n) is 1.25. The smallest absolute Gasteiger partial charge is 0.354 e. The Labute approximate surface area is 109 Å². The average molecular weight is 311 g/mol. The second-order valence-corrected chi connectivity index (χ2v) is 4.16. The molecule has 0 unspecified atom stereocenters. The van der Waals surface area contributed by atoms with Gasteiger partial charge in [0.1, 0.15) is 5.82 Å². The third-order valence-corrected chi connectivity index (χ3v) is 2.51. The van der Waals surface area contributed by atoms with Gasteiger partial charge >= 0.3 is 5.97 Å². The fraction of sp³-hybridized carbons (Fsp3) is 0. The molecule has 7 nitrogen and oxygen atoms in total. The number of aromatic amines is 1. The van der Waals surface area contributed by atoms with E-state index in [1.807, 2.05) is 0 Å². The molecule has 8 heteroatoms. The number of halogens is 1. The average Bonchev–Trinajstić information content (AvgIpc) is 2.81. The first-order chi connectivity index (χ1) is 8.58. The molecule has 0 bridgehead atoms. The molecule has 3 N–H and O–H groups in total. The lowest BCUT2D eigenvalue weighted by Crippen LogP contribution is -2.17. The van der Waals surface area contributed by atoms with Crippen LogP contribution in [0.2, 0.25) is 0 Å². The van der Waals surface area contributed by atoms with Gasteiger partial charge in [-0.15, -0.1) is 0 Å². The monoisotopic (exact) mass is 310 g/mol. The molecule has 0 aliphatic carbocycles. The van der Waals surface area contributed by atoms with Crippen LogP contribution in [-0.4, -0.2) is 31.9 Å². The first-order valence-corrected chi connectivity index (χ1v) is 5.57. The summed E-state index contributed by atoms with van der Waals surface area (Å²) in [7, 11) is 0. The summed E-state index contributed by atoms with van der Waals surface area (Å²) in [5.74, 6) is -1.58. The number of pyridine rings is 1. The lowest BCUT2D eigenvalue weighted by molar-refractivity contribution is 0.0686. The Morgan fingerprint density at radius 3 is 2.72 bits per heavy atom. The maximum absolute atomic E-state index is 11.8. The summed E-state index contributed by atoms with van der Waals surface area (Å²) in [6.07, 6.45) is 2.66. The van der Waals surface area contributed by atoms with Crippen LogP contribution >= 0.6 is 15.9 Å². The van der Waals surface area contributed by atoms with E-state index >= 15 is 0 Å². The Balaban J connectivity index is 2.19. The molecule has 0 aliphatic heterocycles. The van der Waals surface area contributed by atoms with Crippen LogP contribution in [0.3, 0.4) is 0 Å². The van der Waals surface area contributed by atoms with E-state index in [4.69, 9.17) is 5.11 Å². The highest BCUT2D eigenvalue weighted by molar-refractivity contribution is 9.10. The Kier molecular flexibility index (Phi) is 3.38. The highest BCUT2D eigenvalue weighted by Gasteiger charge is 2.19. The second kappa shape index (κ2) is 4.96. The van der Waals surface area contributed by atoms with Gasteiger partial charge in [-0.3, -0.25) is 4.79 Å². The number of rotatable bonds is 3. The highest BCUT2D eigenvalue weighted by Crippen LogP contribution is 2.12. The van der Waals surface area contributed by atoms with Crippen molar-refractivity contribution in [3.05, 3.63) is 40.5 Å². The number of anilines is 1. The predicted octanol–water partition coefficient (Wildman–Crippen LogP) is 1.52. The Morgan fingerprint density at radius 2 is 2.11 bits per heavy atom. The zero-order valence-electron chi connectivity index (χ0n) is 8.85. The first kappa shape index (κ1) is 12.2. The van der Waals surface area contributed by atoms with Gasteiger partial charge in [-0.2, -0.15) is 0 Å². The van der Waals surface area contributed by atoms with Crippen LogP contribution in [-0.2, 0) is 0 Å². The minimum absolute atomic E-state index is 0.188. The van der Waals surface area contributed by atoms with Gasteiger partial charge < -0.3 is 15.4 Å². The second-order valence-electron chi connectivity index (χ2n) is 3.25. The number of aromatic nitrogens is 3. The van der Waals surface area contributed by atoms with Gasteiger partial charge in [-0.1, -0.05) is 0 Å². The van der Waals surface area contributed by atoms with Gasteiger partial charge in [0.15, 0.2) is 11.4 Å². The zero-order valence-corrected chi connectivity index (χ0v) is 10.4. The van der Waals surface area contributed by atoms with Crippen LogP contribution in [0, 0.1) is 0 Å². The van der Waals surface area contributed by atoms with E-state index in [0.717, 1.165) is 10.8 Å². The van der Waals surface area contributed by atoms with Gasteiger partial charge in [0.05, 0.1) is 6.33 Å². The molecular weight excluding hydrogens is 304 g/mol. The minimum Gasteiger partial charge on any atom is -0.477 e. The lowest BCUT2D eigenvalue weighted by Gasteiger charge is -2.02. The summed E-state index contributed by atoms with van der Waals surface area (Å²) in [6.45, 7) is 0. The number of nitrogens with one attached hydrogen (secondary N) is 2. The normalized spacial score (nSPS) is 10.1. The topological polar surface area (TPSA) is 108 Å². The summed E-state index contributed by atoms with van der Waals surface area (Å²) in [5.41, 5.74) is -0.447. The molecule has 0 atom stereocenters. The number of hydrogen-bond donors (Lipinski definition) is 3. The van der Waals surface area contributed by atoms with Crippen molar-refractivity contribution in [1.82, 2.24) is 15.0 Å². The highest BCUT2D eigenvalue weighted by atomic mass is 79.9. The van der Waals surface area contributed by atoms with Crippen molar-refractivity contribution in [2.45, 2.75) is 0 Å². The molecule has 0 spiro atoms. The predicted molar refractivity (Wildman–Crippen MR) is 65.4 cm³/mol. The Hall–Kier alpha value is -2.22. The molecule has 0 saturated heterocycles. The van der Waals surface area contributed by atoms with Gasteiger partial charge in [-0.25, -0.2) is 14.8 Å². The third-order valence-electron chi connectivity index (χ3n) is 2.04. The van der Waals surface area contributed by atoms with Crippen molar-refractivity contribution in [1.29, 1.82) is 0 Å². The van der Waals surface area contributed by atoms with Crippen molar-refractivity contribution in [3.63, 3.8) is 0 Å². The van der Waals surface area contributed by atoms with Crippen LogP contribution in [0.25, 0.3) is 0 Å². The lowest BCUT2D eigenvalue weighted by atomic mass is 10.3. The molecule has 0 fully saturated rings. The van der Waals surface area contributed by atoms with Crippen LogP contribution < -0.4 is 5.32 Å². The molecule has 2 aromatic rings. The van der Waals surface area contributed by atoms with E-state index in [1.165, 1.54) is 6.20 Å². The molecule has 0 aliphatic rings. The number of carboxylic acids is 1.